The summed E-state index contributed by atoms with van der Waals surface area (Å²) in [6.07, 6.45) is 4.22. The fourth-order valence-electron chi connectivity index (χ4n) is 2.83. The standard InChI is InChI=1S/C19H10F2N2O5S/c1-27-18(25)15-12(20)3-8(4-13(15)21)11-7-22-6-9-2-10(28-16(9)11)5-14-17(24)23-19(26)29-14/h2-7H,1H3,(H,23,24,26). The predicted molar refractivity (Wildman–Crippen MR) is 99.8 cm³/mol. The summed E-state index contributed by atoms with van der Waals surface area (Å²) in [5, 5.41) is 2.16. The number of benzene rings is 1. The van der Waals surface area contributed by atoms with Gasteiger partial charge in [-0.3, -0.25) is 19.9 Å². The Hall–Kier alpha value is -3.53. The summed E-state index contributed by atoms with van der Waals surface area (Å²) >= 11 is 0.732. The average molecular weight is 416 g/mol. The lowest BCUT2D eigenvalue weighted by atomic mass is 10.0. The summed E-state index contributed by atoms with van der Waals surface area (Å²) in [6.45, 7) is 0. The molecular weight excluding hydrogens is 406 g/mol. The second-order valence-electron chi connectivity index (χ2n) is 5.91. The van der Waals surface area contributed by atoms with Crippen molar-refractivity contribution in [1.29, 1.82) is 0 Å². The summed E-state index contributed by atoms with van der Waals surface area (Å²) in [7, 11) is 1.02. The van der Waals surface area contributed by atoms with Gasteiger partial charge in [-0.2, -0.15) is 0 Å². The van der Waals surface area contributed by atoms with Crippen molar-refractivity contribution in [1.82, 2.24) is 10.3 Å². The molecule has 3 aromatic rings. The highest BCUT2D eigenvalue weighted by Crippen LogP contribution is 2.34. The van der Waals surface area contributed by atoms with E-state index >= 15 is 0 Å². The molecule has 0 radical (unpaired) electrons. The molecule has 1 aliphatic heterocycles. The van der Waals surface area contributed by atoms with E-state index in [4.69, 9.17) is 4.42 Å². The molecule has 29 heavy (non-hydrogen) atoms. The van der Waals surface area contributed by atoms with E-state index in [0.717, 1.165) is 31.0 Å². The number of fused-ring (bicyclic) bond motifs is 1. The summed E-state index contributed by atoms with van der Waals surface area (Å²) in [4.78, 5) is 38.7. The van der Waals surface area contributed by atoms with Crippen LogP contribution in [0.1, 0.15) is 16.1 Å². The lowest BCUT2D eigenvalue weighted by Crippen LogP contribution is -2.17. The molecule has 7 nitrogen and oxygen atoms in total. The van der Waals surface area contributed by atoms with Crippen LogP contribution in [0.3, 0.4) is 0 Å². The fraction of sp³-hybridized carbons (Fsp3) is 0.0526. The first-order valence-corrected chi connectivity index (χ1v) is 8.89. The van der Waals surface area contributed by atoms with Crippen molar-refractivity contribution in [2.75, 3.05) is 7.11 Å². The fourth-order valence-corrected chi connectivity index (χ4v) is 3.50. The minimum absolute atomic E-state index is 0.0995. The van der Waals surface area contributed by atoms with Crippen molar-refractivity contribution < 1.29 is 32.3 Å². The van der Waals surface area contributed by atoms with Crippen LogP contribution in [-0.4, -0.2) is 29.2 Å². The highest BCUT2D eigenvalue weighted by Gasteiger charge is 2.26. The number of carbonyl (C=O) groups excluding carboxylic acids is 3. The van der Waals surface area contributed by atoms with E-state index in [1.807, 2.05) is 0 Å². The maximum atomic E-state index is 14.3. The number of amides is 2. The van der Waals surface area contributed by atoms with Gasteiger partial charge in [0.15, 0.2) is 0 Å². The Bertz CT molecular complexity index is 1210. The third kappa shape index (κ3) is 3.38. The zero-order chi connectivity index (χ0) is 20.7. The average Bonchev–Trinajstić information content (AvgIpc) is 3.22. The Labute approximate surface area is 165 Å². The number of nitrogens with one attached hydrogen (secondary N) is 1. The number of hydrogen-bond donors (Lipinski definition) is 1. The van der Waals surface area contributed by atoms with Gasteiger partial charge in [0.05, 0.1) is 12.0 Å². The molecule has 4 rings (SSSR count). The minimum Gasteiger partial charge on any atom is -0.465 e. The number of ether oxygens (including phenoxy) is 1. The van der Waals surface area contributed by atoms with Crippen LogP contribution in [0.2, 0.25) is 0 Å². The maximum Gasteiger partial charge on any atom is 0.343 e. The van der Waals surface area contributed by atoms with Crippen molar-refractivity contribution in [3.8, 4) is 11.1 Å². The molecule has 146 valence electrons. The second kappa shape index (κ2) is 7.13. The molecule has 1 aromatic carbocycles. The number of aromatic nitrogens is 1. The zero-order valence-electron chi connectivity index (χ0n) is 14.6. The van der Waals surface area contributed by atoms with Crippen LogP contribution >= 0.6 is 11.8 Å². The van der Waals surface area contributed by atoms with E-state index < -0.39 is 34.3 Å². The van der Waals surface area contributed by atoms with E-state index in [9.17, 15) is 23.2 Å². The van der Waals surface area contributed by atoms with E-state index in [-0.39, 0.29) is 27.4 Å². The van der Waals surface area contributed by atoms with Gasteiger partial charge in [-0.1, -0.05) is 0 Å². The zero-order valence-corrected chi connectivity index (χ0v) is 15.4. The normalized spacial score (nSPS) is 15.2. The van der Waals surface area contributed by atoms with Gasteiger partial charge in [0.25, 0.3) is 11.1 Å². The molecule has 0 atom stereocenters. The van der Waals surface area contributed by atoms with E-state index in [2.05, 4.69) is 15.0 Å². The molecule has 1 saturated heterocycles. The first-order valence-electron chi connectivity index (χ1n) is 8.07. The van der Waals surface area contributed by atoms with Gasteiger partial charge in [0, 0.05) is 29.4 Å². The largest absolute Gasteiger partial charge is 0.465 e. The number of furan rings is 1. The number of hydrogen-bond acceptors (Lipinski definition) is 7. The van der Waals surface area contributed by atoms with Crippen LogP contribution < -0.4 is 5.32 Å². The number of carbonyl (C=O) groups is 3. The molecule has 0 unspecified atom stereocenters. The van der Waals surface area contributed by atoms with Gasteiger partial charge < -0.3 is 9.15 Å². The Morgan fingerprint density at radius 1 is 1.21 bits per heavy atom. The lowest BCUT2D eigenvalue weighted by Gasteiger charge is -2.07. The molecule has 10 heteroatoms. The Balaban J connectivity index is 1.81. The van der Waals surface area contributed by atoms with E-state index in [1.165, 1.54) is 18.5 Å². The van der Waals surface area contributed by atoms with Gasteiger partial charge in [-0.25, -0.2) is 13.6 Å². The van der Waals surface area contributed by atoms with Gasteiger partial charge in [-0.15, -0.1) is 0 Å². The molecule has 1 N–H and O–H groups in total. The van der Waals surface area contributed by atoms with Crippen molar-refractivity contribution >= 4 is 45.9 Å². The van der Waals surface area contributed by atoms with E-state index in [1.54, 1.807) is 6.07 Å². The first kappa shape index (κ1) is 18.8. The predicted octanol–water partition coefficient (Wildman–Crippen LogP) is 3.88. The number of halogens is 2. The topological polar surface area (TPSA) is 98.5 Å². The molecule has 3 heterocycles. The summed E-state index contributed by atoms with van der Waals surface area (Å²) < 4.78 is 38.7. The number of thioether (sulfide) groups is 1. The quantitative estimate of drug-likeness (QED) is 0.511. The van der Waals surface area contributed by atoms with Gasteiger partial charge in [0.1, 0.15) is 28.5 Å². The van der Waals surface area contributed by atoms with E-state index in [0.29, 0.717) is 5.39 Å². The summed E-state index contributed by atoms with van der Waals surface area (Å²) in [5.74, 6) is -3.59. The van der Waals surface area contributed by atoms with Crippen LogP contribution in [-0.2, 0) is 9.53 Å². The highest BCUT2D eigenvalue weighted by atomic mass is 32.2. The Morgan fingerprint density at radius 2 is 1.93 bits per heavy atom. The summed E-state index contributed by atoms with van der Waals surface area (Å²) in [5.41, 5.74) is -0.148. The SMILES string of the molecule is COC(=O)c1c(F)cc(-c2cncc3cc(C=C4SC(=O)NC4=O)oc23)cc1F. The number of imide groups is 1. The molecular formula is C19H10F2N2O5S. The number of rotatable bonds is 3. The smallest absolute Gasteiger partial charge is 0.343 e. The first-order chi connectivity index (χ1) is 13.9. The molecule has 2 aromatic heterocycles. The van der Waals surface area contributed by atoms with Gasteiger partial charge >= 0.3 is 5.97 Å². The number of esters is 1. The van der Waals surface area contributed by atoms with Crippen molar-refractivity contribution in [2.24, 2.45) is 0 Å². The van der Waals surface area contributed by atoms with Crippen LogP contribution in [0.5, 0.6) is 0 Å². The van der Waals surface area contributed by atoms with Crippen molar-refractivity contribution in [2.45, 2.75) is 0 Å². The third-order valence-electron chi connectivity index (χ3n) is 4.10. The Morgan fingerprint density at radius 3 is 2.55 bits per heavy atom. The third-order valence-corrected chi connectivity index (χ3v) is 4.91. The number of methoxy groups -OCH3 is 1. The van der Waals surface area contributed by atoms with Gasteiger partial charge in [0.2, 0.25) is 0 Å². The van der Waals surface area contributed by atoms with Crippen LogP contribution in [0.15, 0.2) is 39.9 Å². The Kier molecular flexibility index (Phi) is 4.63. The van der Waals surface area contributed by atoms with Crippen LogP contribution in [0.4, 0.5) is 13.6 Å². The summed E-state index contributed by atoms with van der Waals surface area (Å²) in [6, 6.07) is 3.53. The highest BCUT2D eigenvalue weighted by molar-refractivity contribution is 8.18. The van der Waals surface area contributed by atoms with Crippen molar-refractivity contribution in [3.63, 3.8) is 0 Å². The lowest BCUT2D eigenvalue weighted by molar-refractivity contribution is -0.115. The molecule has 0 saturated carbocycles. The molecule has 1 aliphatic rings. The number of pyridine rings is 1. The molecule has 0 aliphatic carbocycles. The second-order valence-corrected chi connectivity index (χ2v) is 6.93. The van der Waals surface area contributed by atoms with Crippen LogP contribution in [0, 0.1) is 11.6 Å². The monoisotopic (exact) mass is 416 g/mol. The molecule has 0 spiro atoms. The van der Waals surface area contributed by atoms with Gasteiger partial charge in [-0.05, 0) is 35.5 Å². The molecule has 2 amide bonds. The molecule has 0 bridgehead atoms. The van der Waals surface area contributed by atoms with Crippen LogP contribution in [0.25, 0.3) is 28.2 Å². The number of nitrogens with zero attached hydrogens (tertiary/aromatic N) is 1. The maximum absolute atomic E-state index is 14.3. The van der Waals surface area contributed by atoms with Crippen molar-refractivity contribution in [3.05, 3.63) is 58.5 Å². The minimum atomic E-state index is -1.13. The molecule has 1 fully saturated rings.